The fourth-order valence-corrected chi connectivity index (χ4v) is 3.72. The first-order chi connectivity index (χ1) is 15.8. The van der Waals surface area contributed by atoms with Gasteiger partial charge in [-0.1, -0.05) is 11.8 Å². The quantitative estimate of drug-likeness (QED) is 0.503. The Kier molecular flexibility index (Phi) is 5.71. The highest BCUT2D eigenvalue weighted by molar-refractivity contribution is 5.98. The van der Waals surface area contributed by atoms with Crippen molar-refractivity contribution in [2.24, 2.45) is 5.73 Å². The zero-order valence-electron chi connectivity index (χ0n) is 19.4. The SMILES string of the molecule is CC(C)(O)C#Cc1cc2c(cc1F)OCCn1c-2nc(C(N)=O)c1-c1cnn(CC(C)(C)O)c1. The standard InChI is InChI=1S/C24H26FN5O4/c1-23(2,32)6-5-14-9-16-18(10-17(14)25)34-8-7-30-20(19(21(26)31)28-22(16)30)15-11-27-29(12-15)13-24(3,4)33/h9-12,32-33H,7-8,13H2,1-4H3,(H2,26,31). The van der Waals surface area contributed by atoms with E-state index in [9.17, 15) is 19.4 Å². The average Bonchev–Trinajstić information content (AvgIpc) is 3.25. The number of hydrogen-bond acceptors (Lipinski definition) is 6. The summed E-state index contributed by atoms with van der Waals surface area (Å²) >= 11 is 0. The molecule has 1 amide bonds. The van der Waals surface area contributed by atoms with E-state index in [1.807, 2.05) is 0 Å². The van der Waals surface area contributed by atoms with Crippen LogP contribution in [0.15, 0.2) is 24.5 Å². The van der Waals surface area contributed by atoms with Crippen molar-refractivity contribution in [2.45, 2.75) is 52.0 Å². The molecule has 2 aromatic heterocycles. The topological polar surface area (TPSA) is 128 Å². The van der Waals surface area contributed by atoms with E-state index in [-0.39, 0.29) is 30.2 Å². The molecule has 0 radical (unpaired) electrons. The number of nitrogens with two attached hydrogens (primary N) is 1. The minimum absolute atomic E-state index is 0.0408. The number of aliphatic hydroxyl groups is 2. The fourth-order valence-electron chi connectivity index (χ4n) is 3.72. The van der Waals surface area contributed by atoms with E-state index >= 15 is 0 Å². The number of rotatable bonds is 4. The predicted molar refractivity (Wildman–Crippen MR) is 122 cm³/mol. The predicted octanol–water partition coefficient (Wildman–Crippen LogP) is 1.94. The lowest BCUT2D eigenvalue weighted by Gasteiger charge is -2.16. The normalized spacial score (nSPS) is 13.3. The molecule has 3 heterocycles. The van der Waals surface area contributed by atoms with Crippen LogP contribution in [0.2, 0.25) is 0 Å². The lowest BCUT2D eigenvalue weighted by atomic mass is 10.1. The highest BCUT2D eigenvalue weighted by Gasteiger charge is 2.28. The number of halogens is 1. The Labute approximate surface area is 196 Å². The number of hydrogen-bond donors (Lipinski definition) is 3. The first-order valence-electron chi connectivity index (χ1n) is 10.7. The number of imidazole rings is 1. The van der Waals surface area contributed by atoms with Crippen molar-refractivity contribution in [3.63, 3.8) is 0 Å². The molecule has 0 spiro atoms. The first kappa shape index (κ1) is 23.5. The molecule has 9 nitrogen and oxygen atoms in total. The fraction of sp³-hybridized carbons (Fsp3) is 0.375. The van der Waals surface area contributed by atoms with Gasteiger partial charge in [-0.15, -0.1) is 0 Å². The van der Waals surface area contributed by atoms with E-state index in [1.165, 1.54) is 26.0 Å². The molecule has 0 atom stereocenters. The van der Waals surface area contributed by atoms with Gasteiger partial charge in [0.15, 0.2) is 5.69 Å². The van der Waals surface area contributed by atoms with Crippen molar-refractivity contribution in [3.8, 4) is 40.2 Å². The molecule has 4 N–H and O–H groups in total. The van der Waals surface area contributed by atoms with E-state index in [0.717, 1.165) is 0 Å². The first-order valence-corrected chi connectivity index (χ1v) is 10.7. The largest absolute Gasteiger partial charge is 0.491 e. The summed E-state index contributed by atoms with van der Waals surface area (Å²) in [7, 11) is 0. The van der Waals surface area contributed by atoms with Crippen molar-refractivity contribution in [3.05, 3.63) is 41.6 Å². The molecule has 0 fully saturated rings. The van der Waals surface area contributed by atoms with E-state index < -0.39 is 22.9 Å². The number of carbonyl (C=O) groups excluding carboxylic acids is 1. The molecule has 0 saturated heterocycles. The molecule has 0 aliphatic carbocycles. The van der Waals surface area contributed by atoms with Gasteiger partial charge < -0.3 is 25.3 Å². The van der Waals surface area contributed by atoms with Crippen molar-refractivity contribution in [1.29, 1.82) is 0 Å². The van der Waals surface area contributed by atoms with Gasteiger partial charge in [-0.3, -0.25) is 9.48 Å². The van der Waals surface area contributed by atoms with Crippen LogP contribution >= 0.6 is 0 Å². The molecule has 0 bridgehead atoms. The summed E-state index contributed by atoms with van der Waals surface area (Å²) < 4.78 is 23.8. The molecule has 0 saturated carbocycles. The molecular weight excluding hydrogens is 441 g/mol. The van der Waals surface area contributed by atoms with Crippen LogP contribution < -0.4 is 10.5 Å². The summed E-state index contributed by atoms with van der Waals surface area (Å²) in [5.74, 6) is 4.57. The molecule has 0 unspecified atom stereocenters. The van der Waals surface area contributed by atoms with Gasteiger partial charge in [0, 0.05) is 17.8 Å². The van der Waals surface area contributed by atoms with Gasteiger partial charge in [0.1, 0.15) is 29.6 Å². The van der Waals surface area contributed by atoms with Crippen LogP contribution in [-0.2, 0) is 13.1 Å². The number of primary amides is 1. The summed E-state index contributed by atoms with van der Waals surface area (Å²) in [5, 5.41) is 24.3. The Bertz CT molecular complexity index is 1330. The van der Waals surface area contributed by atoms with E-state index in [4.69, 9.17) is 10.5 Å². The number of benzene rings is 1. The second-order valence-corrected chi connectivity index (χ2v) is 9.37. The molecule has 3 aromatic rings. The van der Waals surface area contributed by atoms with Gasteiger partial charge in [-0.05, 0) is 33.8 Å². The van der Waals surface area contributed by atoms with Crippen LogP contribution in [0.25, 0.3) is 22.6 Å². The summed E-state index contributed by atoms with van der Waals surface area (Å²) in [4.78, 5) is 16.8. The molecular formula is C24H26FN5O4. The molecule has 4 rings (SSSR count). The van der Waals surface area contributed by atoms with Gasteiger partial charge in [0.25, 0.3) is 5.91 Å². The van der Waals surface area contributed by atoms with Gasteiger partial charge >= 0.3 is 0 Å². The lowest BCUT2D eigenvalue weighted by molar-refractivity contribution is 0.0577. The van der Waals surface area contributed by atoms with Crippen molar-refractivity contribution < 1.29 is 24.1 Å². The van der Waals surface area contributed by atoms with Gasteiger partial charge in [-0.2, -0.15) is 5.10 Å². The number of fused-ring (bicyclic) bond motifs is 3. The number of ether oxygens (including phenoxy) is 1. The summed E-state index contributed by atoms with van der Waals surface area (Å²) in [5.41, 5.74) is 4.95. The Morgan fingerprint density at radius 1 is 1.29 bits per heavy atom. The summed E-state index contributed by atoms with van der Waals surface area (Å²) in [6, 6.07) is 2.71. The zero-order valence-corrected chi connectivity index (χ0v) is 19.4. The second kappa shape index (κ2) is 8.27. The number of nitrogens with zero attached hydrogens (tertiary/aromatic N) is 4. The third-order valence-corrected chi connectivity index (χ3v) is 5.04. The van der Waals surface area contributed by atoms with E-state index in [0.29, 0.717) is 29.2 Å². The maximum Gasteiger partial charge on any atom is 0.269 e. The van der Waals surface area contributed by atoms with Crippen molar-refractivity contribution >= 4 is 5.91 Å². The monoisotopic (exact) mass is 467 g/mol. The van der Waals surface area contributed by atoms with Crippen molar-refractivity contribution in [2.75, 3.05) is 6.61 Å². The summed E-state index contributed by atoms with van der Waals surface area (Å²) in [6.07, 6.45) is 3.27. The minimum Gasteiger partial charge on any atom is -0.491 e. The molecule has 1 aromatic carbocycles. The highest BCUT2D eigenvalue weighted by atomic mass is 19.1. The summed E-state index contributed by atoms with van der Waals surface area (Å²) in [6.45, 7) is 7.10. The second-order valence-electron chi connectivity index (χ2n) is 9.37. The van der Waals surface area contributed by atoms with Crippen LogP contribution in [0.5, 0.6) is 5.75 Å². The van der Waals surface area contributed by atoms with Crippen LogP contribution in [0, 0.1) is 17.7 Å². The van der Waals surface area contributed by atoms with Crippen LogP contribution in [0.1, 0.15) is 43.7 Å². The number of amides is 1. The molecule has 10 heteroatoms. The third kappa shape index (κ3) is 4.81. The molecule has 1 aliphatic heterocycles. The van der Waals surface area contributed by atoms with E-state index in [2.05, 4.69) is 21.9 Å². The number of aromatic nitrogens is 4. The van der Waals surface area contributed by atoms with Crippen LogP contribution in [0.4, 0.5) is 4.39 Å². The Hall–Kier alpha value is -3.68. The van der Waals surface area contributed by atoms with Crippen molar-refractivity contribution in [1.82, 2.24) is 19.3 Å². The number of carbonyl (C=O) groups is 1. The average molecular weight is 468 g/mol. The highest BCUT2D eigenvalue weighted by Crippen LogP contribution is 2.38. The third-order valence-electron chi connectivity index (χ3n) is 5.04. The van der Waals surface area contributed by atoms with Gasteiger partial charge in [0.05, 0.1) is 41.7 Å². The van der Waals surface area contributed by atoms with Crippen LogP contribution in [0.3, 0.4) is 0 Å². The van der Waals surface area contributed by atoms with E-state index in [1.54, 1.807) is 35.5 Å². The van der Waals surface area contributed by atoms with Crippen LogP contribution in [-0.4, -0.2) is 53.3 Å². The maximum absolute atomic E-state index is 14.7. The van der Waals surface area contributed by atoms with Gasteiger partial charge in [0.2, 0.25) is 0 Å². The molecule has 178 valence electrons. The maximum atomic E-state index is 14.7. The Morgan fingerprint density at radius 3 is 2.68 bits per heavy atom. The molecule has 1 aliphatic rings. The van der Waals surface area contributed by atoms with Gasteiger partial charge in [-0.25, -0.2) is 9.37 Å². The molecule has 34 heavy (non-hydrogen) atoms. The Morgan fingerprint density at radius 2 is 2.03 bits per heavy atom. The smallest absolute Gasteiger partial charge is 0.269 e. The Balaban J connectivity index is 1.89. The minimum atomic E-state index is -1.30. The lowest BCUT2D eigenvalue weighted by Crippen LogP contribution is -2.26. The zero-order chi connectivity index (χ0) is 24.8.